The number of hydrogen-bond donors (Lipinski definition) is 2. The summed E-state index contributed by atoms with van der Waals surface area (Å²) in [6.07, 6.45) is 0. The first-order valence-corrected chi connectivity index (χ1v) is 17.7. The molecule has 0 aromatic heterocycles. The summed E-state index contributed by atoms with van der Waals surface area (Å²) in [6, 6.07) is 8.43. The van der Waals surface area contributed by atoms with Gasteiger partial charge in [0.15, 0.2) is 0 Å². The van der Waals surface area contributed by atoms with Crippen molar-refractivity contribution in [1.29, 1.82) is 0 Å². The van der Waals surface area contributed by atoms with Gasteiger partial charge in [-0.2, -0.15) is 8.61 Å². The van der Waals surface area contributed by atoms with Gasteiger partial charge in [-0.15, -0.1) is 0 Å². The fourth-order valence-corrected chi connectivity index (χ4v) is 7.91. The summed E-state index contributed by atoms with van der Waals surface area (Å²) in [6.45, 7) is 15.3. The lowest BCUT2D eigenvalue weighted by Crippen LogP contribution is -2.50. The van der Waals surface area contributed by atoms with E-state index in [0.717, 1.165) is 27.3 Å². The number of aromatic carboxylic acids is 2. The van der Waals surface area contributed by atoms with E-state index < -0.39 is 32.0 Å². The number of ether oxygens (including phenoxy) is 2. The van der Waals surface area contributed by atoms with Crippen molar-refractivity contribution in [3.05, 3.63) is 47.5 Å². The van der Waals surface area contributed by atoms with E-state index in [4.69, 9.17) is 9.47 Å². The van der Waals surface area contributed by atoms with E-state index in [9.17, 15) is 36.6 Å². The molecule has 0 unspecified atom stereocenters. The van der Waals surface area contributed by atoms with E-state index in [-0.39, 0.29) is 71.8 Å². The molecule has 0 aliphatic carbocycles. The predicted octanol–water partition coefficient (Wildman–Crippen LogP) is 3.70. The Labute approximate surface area is 266 Å². The minimum atomic E-state index is -4.11. The maximum Gasteiger partial charge on any atom is 0.339 e. The number of hydrogen-bond acceptors (Lipinski definition) is 9. The second kappa shape index (κ2) is 16.4. The minimum absolute atomic E-state index is 0.0379. The second-order valence-corrected chi connectivity index (χ2v) is 14.5. The number of sulfonamides is 2. The van der Waals surface area contributed by atoms with E-state index in [1.165, 1.54) is 24.3 Å². The molecule has 0 amide bonds. The van der Waals surface area contributed by atoms with E-state index >= 15 is 0 Å². The van der Waals surface area contributed by atoms with Crippen LogP contribution < -0.4 is 9.47 Å². The standard InChI is InChI=1S/C22H26N2O10S2.C8H19N/c1-3-33-19-7-5-15(13-17(19)21(25)26)35(29,30)23-9-11-24(12-10-23)36(31,32)16-6-8-20(34-4-2)18(14-16)22(27)28;1-6-9(7(2)3)8(4)5/h5-8,13-14H,3-4,9-12H2,1-2H3,(H,25,26)(H,27,28);7-8H,6H2,1-5H3. The van der Waals surface area contributed by atoms with Gasteiger partial charge in [0.25, 0.3) is 0 Å². The summed E-state index contributed by atoms with van der Waals surface area (Å²) in [5.74, 6) is -2.61. The van der Waals surface area contributed by atoms with Gasteiger partial charge >= 0.3 is 11.9 Å². The van der Waals surface area contributed by atoms with Gasteiger partial charge in [0.1, 0.15) is 22.6 Å². The molecule has 1 heterocycles. The molecule has 1 aliphatic heterocycles. The minimum Gasteiger partial charge on any atom is -0.493 e. The van der Waals surface area contributed by atoms with Crippen LogP contribution in [0.4, 0.5) is 0 Å². The lowest BCUT2D eigenvalue weighted by atomic mass is 10.2. The number of carboxylic acid groups (broad SMARTS) is 2. The predicted molar refractivity (Wildman–Crippen MR) is 169 cm³/mol. The molecule has 0 radical (unpaired) electrons. The van der Waals surface area contributed by atoms with Gasteiger partial charge in [-0.3, -0.25) is 4.90 Å². The first-order chi connectivity index (χ1) is 21.0. The van der Waals surface area contributed by atoms with Crippen molar-refractivity contribution < 1.29 is 46.1 Å². The Bertz CT molecular complexity index is 1420. The first kappa shape index (κ1) is 37.9. The molecular weight excluding hydrogens is 626 g/mol. The van der Waals surface area contributed by atoms with Crippen molar-refractivity contribution in [2.24, 2.45) is 0 Å². The number of rotatable bonds is 13. The van der Waals surface area contributed by atoms with Crippen LogP contribution >= 0.6 is 0 Å². The van der Waals surface area contributed by atoms with Crippen molar-refractivity contribution >= 4 is 32.0 Å². The second-order valence-electron chi connectivity index (χ2n) is 10.6. The van der Waals surface area contributed by atoms with Gasteiger partial charge in [-0.25, -0.2) is 26.4 Å². The molecule has 2 aromatic rings. The highest BCUT2D eigenvalue weighted by Gasteiger charge is 2.35. The lowest BCUT2D eigenvalue weighted by Gasteiger charge is -2.33. The molecule has 0 bridgehead atoms. The summed E-state index contributed by atoms with van der Waals surface area (Å²) in [5, 5.41) is 18.8. The zero-order valence-electron chi connectivity index (χ0n) is 26.9. The largest absolute Gasteiger partial charge is 0.493 e. The number of piperazine rings is 1. The molecule has 1 aliphatic rings. The molecule has 2 aromatic carbocycles. The van der Waals surface area contributed by atoms with Gasteiger partial charge in [-0.05, 0) is 84.5 Å². The molecule has 0 atom stereocenters. The van der Waals surface area contributed by atoms with Crippen LogP contribution in [0.1, 0.15) is 69.2 Å². The Balaban J connectivity index is 0.000000681. The van der Waals surface area contributed by atoms with E-state index in [2.05, 4.69) is 39.5 Å². The zero-order valence-corrected chi connectivity index (χ0v) is 28.5. The molecule has 0 saturated carbocycles. The first-order valence-electron chi connectivity index (χ1n) is 14.8. The molecule has 3 rings (SSSR count). The molecule has 1 saturated heterocycles. The average molecular weight is 672 g/mol. The van der Waals surface area contributed by atoms with Crippen molar-refractivity contribution in [1.82, 2.24) is 13.5 Å². The number of carbonyl (C=O) groups is 2. The monoisotopic (exact) mass is 671 g/mol. The lowest BCUT2D eigenvalue weighted by molar-refractivity contribution is 0.0681. The third kappa shape index (κ3) is 9.39. The molecule has 2 N–H and O–H groups in total. The number of benzene rings is 2. The van der Waals surface area contributed by atoms with Crippen LogP contribution in [-0.2, 0) is 20.0 Å². The average Bonchev–Trinajstić information content (AvgIpc) is 2.97. The van der Waals surface area contributed by atoms with Crippen LogP contribution in [-0.4, -0.2) is 111 Å². The number of nitrogens with zero attached hydrogens (tertiary/aromatic N) is 3. The third-order valence-electron chi connectivity index (χ3n) is 7.13. The molecule has 13 nitrogen and oxygen atoms in total. The maximum atomic E-state index is 13.1. The normalized spacial score (nSPS) is 14.7. The number of carboxylic acids is 2. The molecule has 1 fully saturated rings. The topological polar surface area (TPSA) is 171 Å². The van der Waals surface area contributed by atoms with Crippen LogP contribution in [0.15, 0.2) is 46.2 Å². The SMILES string of the molecule is CCN(C(C)C)C(C)C.CCOc1ccc(S(=O)(=O)N2CCN(S(=O)(=O)c3ccc(OCC)c(C(=O)O)c3)CC2)cc1C(=O)O. The van der Waals surface area contributed by atoms with Crippen LogP contribution in [0.25, 0.3) is 0 Å². The Hall–Kier alpha value is -3.24. The molecule has 15 heteroatoms. The molecule has 252 valence electrons. The van der Waals surface area contributed by atoms with Crippen molar-refractivity contribution in [2.75, 3.05) is 45.9 Å². The highest BCUT2D eigenvalue weighted by Crippen LogP contribution is 2.28. The van der Waals surface area contributed by atoms with Gasteiger partial charge in [-0.1, -0.05) is 6.92 Å². The molecule has 0 spiro atoms. The Morgan fingerprint density at radius 3 is 1.27 bits per heavy atom. The Morgan fingerprint density at radius 1 is 0.711 bits per heavy atom. The molecule has 45 heavy (non-hydrogen) atoms. The van der Waals surface area contributed by atoms with Crippen molar-refractivity contribution in [2.45, 2.75) is 70.3 Å². The quantitative estimate of drug-likeness (QED) is 0.318. The highest BCUT2D eigenvalue weighted by atomic mass is 32.2. The summed E-state index contributed by atoms with van der Waals surface area (Å²) in [7, 11) is -8.23. The van der Waals surface area contributed by atoms with Gasteiger partial charge < -0.3 is 19.7 Å². The smallest absolute Gasteiger partial charge is 0.339 e. The van der Waals surface area contributed by atoms with E-state index in [1.54, 1.807) is 13.8 Å². The van der Waals surface area contributed by atoms with Crippen molar-refractivity contribution in [3.63, 3.8) is 0 Å². The summed E-state index contributed by atoms with van der Waals surface area (Å²) in [4.78, 5) is 25.1. The van der Waals surface area contributed by atoms with Gasteiger partial charge in [0.05, 0.1) is 23.0 Å². The van der Waals surface area contributed by atoms with Gasteiger partial charge in [0.2, 0.25) is 20.0 Å². The molecular formula is C30H45N3O10S2. The van der Waals surface area contributed by atoms with E-state index in [0.29, 0.717) is 12.1 Å². The van der Waals surface area contributed by atoms with Crippen LogP contribution in [0, 0.1) is 0 Å². The van der Waals surface area contributed by atoms with E-state index in [1.807, 2.05) is 0 Å². The third-order valence-corrected chi connectivity index (χ3v) is 10.9. The van der Waals surface area contributed by atoms with Crippen LogP contribution in [0.2, 0.25) is 0 Å². The van der Waals surface area contributed by atoms with Crippen LogP contribution in [0.3, 0.4) is 0 Å². The fourth-order valence-electron chi connectivity index (χ4n) is 5.01. The summed E-state index contributed by atoms with van der Waals surface area (Å²) < 4.78 is 65.1. The Kier molecular flexibility index (Phi) is 13.8. The Morgan fingerprint density at radius 2 is 1.04 bits per heavy atom. The van der Waals surface area contributed by atoms with Crippen molar-refractivity contribution in [3.8, 4) is 11.5 Å². The summed E-state index contributed by atoms with van der Waals surface area (Å²) in [5.41, 5.74) is -0.604. The zero-order chi connectivity index (χ0) is 34.1. The highest BCUT2D eigenvalue weighted by molar-refractivity contribution is 7.89. The summed E-state index contributed by atoms with van der Waals surface area (Å²) >= 11 is 0. The maximum absolute atomic E-state index is 13.1. The van der Waals surface area contributed by atoms with Crippen LogP contribution in [0.5, 0.6) is 11.5 Å². The van der Waals surface area contributed by atoms with Gasteiger partial charge in [0, 0.05) is 38.3 Å². The fraction of sp³-hybridized carbons (Fsp3) is 0.533.